The van der Waals surface area contributed by atoms with E-state index >= 15 is 0 Å². The first kappa shape index (κ1) is 7.95. The smallest absolute Gasteiger partial charge is 0.238 e. The fourth-order valence-electron chi connectivity index (χ4n) is 0.525. The van der Waals surface area contributed by atoms with Gasteiger partial charge in [-0.3, -0.25) is 0 Å². The topological polar surface area (TPSA) is 49.6 Å². The first-order valence-corrected chi connectivity index (χ1v) is 3.97. The summed E-state index contributed by atoms with van der Waals surface area (Å²) >= 11 is 1.28. The number of halogens is 1. The zero-order valence-corrected chi connectivity index (χ0v) is 6.52. The molecule has 0 aromatic carbocycles. The SMILES string of the molecule is CSc1cnc(C#N)c(F)n1. The molecule has 0 saturated carbocycles. The third-order valence-electron chi connectivity index (χ3n) is 1.02. The Morgan fingerprint density at radius 1 is 1.73 bits per heavy atom. The van der Waals surface area contributed by atoms with Gasteiger partial charge in [-0.1, -0.05) is 0 Å². The van der Waals surface area contributed by atoms with Gasteiger partial charge < -0.3 is 0 Å². The second kappa shape index (κ2) is 3.30. The summed E-state index contributed by atoms with van der Waals surface area (Å²) in [6.45, 7) is 0. The van der Waals surface area contributed by atoms with Crippen molar-refractivity contribution in [2.75, 3.05) is 6.26 Å². The zero-order valence-electron chi connectivity index (χ0n) is 5.71. The van der Waals surface area contributed by atoms with E-state index in [4.69, 9.17) is 5.26 Å². The summed E-state index contributed by atoms with van der Waals surface area (Å²) in [5.41, 5.74) is -0.261. The van der Waals surface area contributed by atoms with Crippen molar-refractivity contribution in [2.24, 2.45) is 0 Å². The van der Waals surface area contributed by atoms with Gasteiger partial charge in [-0.15, -0.1) is 11.8 Å². The molecule has 1 rings (SSSR count). The van der Waals surface area contributed by atoms with E-state index in [-0.39, 0.29) is 5.69 Å². The van der Waals surface area contributed by atoms with E-state index in [2.05, 4.69) is 9.97 Å². The second-order valence-electron chi connectivity index (χ2n) is 1.66. The van der Waals surface area contributed by atoms with E-state index in [0.717, 1.165) is 0 Å². The lowest BCUT2D eigenvalue weighted by atomic mass is 10.5. The summed E-state index contributed by atoms with van der Waals surface area (Å²) < 4.78 is 12.6. The van der Waals surface area contributed by atoms with E-state index in [1.807, 2.05) is 0 Å². The fraction of sp³-hybridized carbons (Fsp3) is 0.167. The van der Waals surface area contributed by atoms with Gasteiger partial charge in [0.25, 0.3) is 5.95 Å². The first-order chi connectivity index (χ1) is 5.27. The van der Waals surface area contributed by atoms with Crippen molar-refractivity contribution in [2.45, 2.75) is 5.03 Å². The third kappa shape index (κ3) is 1.65. The molecule has 0 bridgehead atoms. The molecule has 3 nitrogen and oxygen atoms in total. The van der Waals surface area contributed by atoms with Crippen molar-refractivity contribution >= 4 is 11.8 Å². The van der Waals surface area contributed by atoms with Crippen LogP contribution in [-0.2, 0) is 0 Å². The molecule has 11 heavy (non-hydrogen) atoms. The maximum Gasteiger partial charge on any atom is 0.250 e. The van der Waals surface area contributed by atoms with E-state index < -0.39 is 5.95 Å². The number of nitriles is 1. The van der Waals surface area contributed by atoms with Crippen LogP contribution in [0.25, 0.3) is 0 Å². The predicted octanol–water partition coefficient (Wildman–Crippen LogP) is 1.21. The largest absolute Gasteiger partial charge is 0.250 e. The Bertz CT molecular complexity index is 307. The standard InChI is InChI=1S/C6H4FN3S/c1-11-5-3-9-4(2-8)6(7)10-5/h3H,1H3. The van der Waals surface area contributed by atoms with Crippen molar-refractivity contribution in [3.63, 3.8) is 0 Å². The van der Waals surface area contributed by atoms with Crippen molar-refractivity contribution in [3.05, 3.63) is 17.8 Å². The monoisotopic (exact) mass is 169 g/mol. The summed E-state index contributed by atoms with van der Waals surface area (Å²) in [6.07, 6.45) is 3.13. The molecule has 5 heteroatoms. The molecule has 0 radical (unpaired) electrons. The number of hydrogen-bond donors (Lipinski definition) is 0. The maximum absolute atomic E-state index is 12.6. The van der Waals surface area contributed by atoms with Crippen molar-refractivity contribution in [3.8, 4) is 6.07 Å². The van der Waals surface area contributed by atoms with Crippen LogP contribution in [0.3, 0.4) is 0 Å². The van der Waals surface area contributed by atoms with Gasteiger partial charge >= 0.3 is 0 Å². The average Bonchev–Trinajstić information content (AvgIpc) is 2.04. The minimum atomic E-state index is -0.806. The molecule has 0 aliphatic rings. The summed E-state index contributed by atoms with van der Waals surface area (Å²) in [4.78, 5) is 7.02. The number of rotatable bonds is 1. The van der Waals surface area contributed by atoms with E-state index in [9.17, 15) is 4.39 Å². The van der Waals surface area contributed by atoms with Crippen molar-refractivity contribution < 1.29 is 4.39 Å². The molecular formula is C6H4FN3S. The van der Waals surface area contributed by atoms with Gasteiger partial charge in [0, 0.05) is 0 Å². The van der Waals surface area contributed by atoms with Crippen LogP contribution in [0, 0.1) is 17.3 Å². The number of nitrogens with zero attached hydrogens (tertiary/aromatic N) is 3. The van der Waals surface area contributed by atoms with E-state index in [1.54, 1.807) is 12.3 Å². The van der Waals surface area contributed by atoms with Crippen LogP contribution in [0.15, 0.2) is 11.2 Å². The van der Waals surface area contributed by atoms with Gasteiger partial charge in [0.1, 0.15) is 11.1 Å². The lowest BCUT2D eigenvalue weighted by Crippen LogP contribution is -1.94. The van der Waals surface area contributed by atoms with Crippen LogP contribution in [-0.4, -0.2) is 16.2 Å². The van der Waals surface area contributed by atoms with Crippen LogP contribution in [0.2, 0.25) is 0 Å². The Hall–Kier alpha value is -1.15. The summed E-state index contributed by atoms with van der Waals surface area (Å²) in [5, 5.41) is 8.76. The Kier molecular flexibility index (Phi) is 2.39. The summed E-state index contributed by atoms with van der Waals surface area (Å²) in [6, 6.07) is 1.59. The Balaban J connectivity index is 3.12. The molecule has 56 valence electrons. The van der Waals surface area contributed by atoms with Gasteiger partial charge in [0.05, 0.1) is 6.20 Å². The zero-order chi connectivity index (χ0) is 8.27. The number of aromatic nitrogens is 2. The molecule has 0 atom stereocenters. The molecule has 0 aliphatic carbocycles. The molecule has 0 aliphatic heterocycles. The lowest BCUT2D eigenvalue weighted by Gasteiger charge is -1.94. The fourth-order valence-corrected chi connectivity index (χ4v) is 0.854. The molecule has 0 fully saturated rings. The van der Waals surface area contributed by atoms with Crippen molar-refractivity contribution in [1.82, 2.24) is 9.97 Å². The van der Waals surface area contributed by atoms with Crippen LogP contribution in [0.5, 0.6) is 0 Å². The van der Waals surface area contributed by atoms with Gasteiger partial charge in [-0.2, -0.15) is 9.65 Å². The van der Waals surface area contributed by atoms with Crippen LogP contribution in [0.4, 0.5) is 4.39 Å². The molecule has 0 spiro atoms. The molecule has 0 saturated heterocycles. The molecule has 1 aromatic heterocycles. The molecule has 1 heterocycles. The first-order valence-electron chi connectivity index (χ1n) is 2.74. The highest BCUT2D eigenvalue weighted by atomic mass is 32.2. The Labute approximate surface area is 67.3 Å². The highest BCUT2D eigenvalue weighted by Crippen LogP contribution is 2.10. The predicted molar refractivity (Wildman–Crippen MR) is 38.5 cm³/mol. The summed E-state index contributed by atoms with van der Waals surface area (Å²) in [5.74, 6) is -0.806. The number of thioether (sulfide) groups is 1. The normalized spacial score (nSPS) is 9.18. The van der Waals surface area contributed by atoms with Crippen LogP contribution >= 0.6 is 11.8 Å². The minimum Gasteiger partial charge on any atom is -0.238 e. The maximum atomic E-state index is 12.6. The average molecular weight is 169 g/mol. The molecule has 0 amide bonds. The van der Waals surface area contributed by atoms with E-state index in [0.29, 0.717) is 5.03 Å². The molecular weight excluding hydrogens is 165 g/mol. The van der Waals surface area contributed by atoms with Crippen LogP contribution < -0.4 is 0 Å². The lowest BCUT2D eigenvalue weighted by molar-refractivity contribution is 0.559. The third-order valence-corrected chi connectivity index (χ3v) is 1.64. The highest BCUT2D eigenvalue weighted by Gasteiger charge is 2.04. The van der Waals surface area contributed by atoms with Gasteiger partial charge in [-0.05, 0) is 6.26 Å². The molecule has 0 unspecified atom stereocenters. The Morgan fingerprint density at radius 2 is 2.45 bits per heavy atom. The van der Waals surface area contributed by atoms with Gasteiger partial charge in [-0.25, -0.2) is 9.97 Å². The molecule has 0 N–H and O–H groups in total. The minimum absolute atomic E-state index is 0.261. The second-order valence-corrected chi connectivity index (χ2v) is 2.49. The van der Waals surface area contributed by atoms with Gasteiger partial charge in [0.2, 0.25) is 0 Å². The summed E-state index contributed by atoms with van der Waals surface area (Å²) in [7, 11) is 0. The Morgan fingerprint density at radius 3 is 2.91 bits per heavy atom. The van der Waals surface area contributed by atoms with Crippen LogP contribution in [0.1, 0.15) is 5.69 Å². The van der Waals surface area contributed by atoms with E-state index in [1.165, 1.54) is 18.0 Å². The molecule has 1 aromatic rings. The highest BCUT2D eigenvalue weighted by molar-refractivity contribution is 7.98. The number of hydrogen-bond acceptors (Lipinski definition) is 4. The quantitative estimate of drug-likeness (QED) is 0.593. The van der Waals surface area contributed by atoms with Crippen molar-refractivity contribution in [1.29, 1.82) is 5.26 Å². The van der Waals surface area contributed by atoms with Gasteiger partial charge in [0.15, 0.2) is 5.69 Å².